The fourth-order valence-corrected chi connectivity index (χ4v) is 4.08. The molecule has 0 saturated heterocycles. The Kier molecular flexibility index (Phi) is 6.81. The van der Waals surface area contributed by atoms with Crippen LogP contribution in [0.2, 0.25) is 0 Å². The summed E-state index contributed by atoms with van der Waals surface area (Å²) in [5.41, 5.74) is 4.84. The van der Waals surface area contributed by atoms with Crippen LogP contribution in [-0.4, -0.2) is 12.6 Å². The Morgan fingerprint density at radius 2 is 1.94 bits per heavy atom. The molecule has 0 radical (unpaired) electrons. The van der Waals surface area contributed by atoms with Crippen LogP contribution in [0.15, 0.2) is 69.6 Å². The van der Waals surface area contributed by atoms with E-state index in [-0.39, 0.29) is 12.4 Å². The van der Waals surface area contributed by atoms with Gasteiger partial charge in [-0.05, 0) is 65.2 Å². The van der Waals surface area contributed by atoms with Crippen molar-refractivity contribution in [2.75, 3.05) is 6.61 Å². The molecule has 5 nitrogen and oxygen atoms in total. The van der Waals surface area contributed by atoms with Crippen molar-refractivity contribution in [2.24, 2.45) is 0 Å². The zero-order valence-electron chi connectivity index (χ0n) is 18.4. The first-order valence-corrected chi connectivity index (χ1v) is 11.3. The monoisotopic (exact) mass is 503 g/mol. The van der Waals surface area contributed by atoms with Gasteiger partial charge in [0.1, 0.15) is 23.7 Å². The van der Waals surface area contributed by atoms with E-state index in [9.17, 15) is 4.79 Å². The molecule has 0 aliphatic carbocycles. The second-order valence-electron chi connectivity index (χ2n) is 7.53. The molecule has 0 amide bonds. The van der Waals surface area contributed by atoms with Crippen LogP contribution in [-0.2, 0) is 22.6 Å². The molecule has 0 aliphatic rings. The molecule has 0 unspecified atom stereocenters. The summed E-state index contributed by atoms with van der Waals surface area (Å²) in [6, 6.07) is 19.0. The Morgan fingerprint density at radius 3 is 2.73 bits per heavy atom. The average molecular weight is 504 g/mol. The smallest absolute Gasteiger partial charge is 0.310 e. The molecule has 0 saturated carbocycles. The molecule has 3 aromatic carbocycles. The highest BCUT2D eigenvalue weighted by Crippen LogP contribution is 2.39. The number of benzene rings is 3. The van der Waals surface area contributed by atoms with E-state index < -0.39 is 0 Å². The predicted molar refractivity (Wildman–Crippen MR) is 131 cm³/mol. The average Bonchev–Trinajstić information content (AvgIpc) is 3.11. The van der Waals surface area contributed by atoms with E-state index in [2.05, 4.69) is 20.8 Å². The minimum atomic E-state index is -0.283. The van der Waals surface area contributed by atoms with Crippen molar-refractivity contribution in [2.45, 2.75) is 26.9 Å². The predicted octanol–water partition coefficient (Wildman–Crippen LogP) is 7.41. The second-order valence-corrected chi connectivity index (χ2v) is 8.33. The molecule has 4 rings (SSSR count). The normalized spacial score (nSPS) is 10.7. The highest BCUT2D eigenvalue weighted by atomic mass is 79.9. The van der Waals surface area contributed by atoms with E-state index in [1.54, 1.807) is 13.0 Å². The van der Waals surface area contributed by atoms with Crippen LogP contribution < -0.4 is 4.74 Å². The van der Waals surface area contributed by atoms with Crippen LogP contribution in [0.5, 0.6) is 5.75 Å². The molecular weight excluding hydrogens is 482 g/mol. The first-order chi connectivity index (χ1) is 16.0. The Labute approximate surface area is 200 Å². The van der Waals surface area contributed by atoms with E-state index in [0.29, 0.717) is 24.7 Å². The lowest BCUT2D eigenvalue weighted by Gasteiger charge is -2.13. The lowest BCUT2D eigenvalue weighted by molar-refractivity contribution is -0.142. The number of hydrogen-bond acceptors (Lipinski definition) is 4. The molecule has 0 aliphatic heterocycles. The summed E-state index contributed by atoms with van der Waals surface area (Å²) >= 11 is 3.63. The van der Waals surface area contributed by atoms with Gasteiger partial charge in [0.05, 0.1) is 24.1 Å². The van der Waals surface area contributed by atoms with Crippen molar-refractivity contribution < 1.29 is 18.7 Å². The number of carbonyl (C=O) groups excluding carboxylic acids is 1. The van der Waals surface area contributed by atoms with Gasteiger partial charge in [0.15, 0.2) is 5.69 Å². The molecule has 1 aromatic heterocycles. The molecule has 0 spiro atoms. The molecule has 4 aromatic rings. The van der Waals surface area contributed by atoms with Gasteiger partial charge < -0.3 is 13.9 Å². The quantitative estimate of drug-likeness (QED) is 0.194. The van der Waals surface area contributed by atoms with E-state index >= 15 is 0 Å². The number of ether oxygens (including phenoxy) is 2. The van der Waals surface area contributed by atoms with E-state index in [4.69, 9.17) is 20.5 Å². The second kappa shape index (κ2) is 9.93. The largest absolute Gasteiger partial charge is 0.489 e. The number of hydrogen-bond donors (Lipinski definition) is 0. The maximum atomic E-state index is 12.0. The molecule has 0 N–H and O–H groups in total. The third-order valence-electron chi connectivity index (χ3n) is 5.24. The summed E-state index contributed by atoms with van der Waals surface area (Å²) in [6.45, 7) is 11.7. The van der Waals surface area contributed by atoms with Crippen LogP contribution in [0.3, 0.4) is 0 Å². The SMILES string of the molecule is [C-]#[N+]c1cccc(-c2cc(COc3ccccc3CC(=O)OCC)cc3c(Br)c(C)oc23)c1. The molecule has 6 heteroatoms. The lowest BCUT2D eigenvalue weighted by Crippen LogP contribution is -2.09. The molecule has 1 heterocycles. The number of aryl methyl sites for hydroxylation is 1. The van der Waals surface area contributed by atoms with Crippen LogP contribution in [0.1, 0.15) is 23.8 Å². The number of fused-ring (bicyclic) bond motifs is 1. The van der Waals surface area contributed by atoms with E-state index in [1.807, 2.05) is 61.5 Å². The molecular formula is C27H22BrNO4. The number of carbonyl (C=O) groups is 1. The Bertz CT molecular complexity index is 1370. The van der Waals surface area contributed by atoms with Gasteiger partial charge in [-0.2, -0.15) is 0 Å². The van der Waals surface area contributed by atoms with E-state index in [1.165, 1.54) is 0 Å². The van der Waals surface area contributed by atoms with Gasteiger partial charge in [0, 0.05) is 16.5 Å². The Hall–Kier alpha value is -3.56. The van der Waals surface area contributed by atoms with Crippen LogP contribution in [0.4, 0.5) is 5.69 Å². The third-order valence-corrected chi connectivity index (χ3v) is 6.23. The fourth-order valence-electron chi connectivity index (χ4n) is 3.71. The van der Waals surface area contributed by atoms with Gasteiger partial charge >= 0.3 is 5.97 Å². The van der Waals surface area contributed by atoms with E-state index in [0.717, 1.165) is 43.5 Å². The highest BCUT2D eigenvalue weighted by molar-refractivity contribution is 9.10. The molecule has 0 bridgehead atoms. The summed E-state index contributed by atoms with van der Waals surface area (Å²) in [4.78, 5) is 15.5. The first-order valence-electron chi connectivity index (χ1n) is 10.6. The molecule has 0 atom stereocenters. The Morgan fingerprint density at radius 1 is 1.12 bits per heavy atom. The van der Waals surface area contributed by atoms with Crippen LogP contribution in [0, 0.1) is 13.5 Å². The number of halogens is 1. The van der Waals surface area contributed by atoms with Gasteiger partial charge in [-0.25, -0.2) is 4.85 Å². The summed E-state index contributed by atoms with van der Waals surface area (Å²) in [5.74, 6) is 1.14. The standard InChI is InChI=1S/C27H22BrNO4/c1-4-31-25(30)15-20-8-5-6-11-24(20)32-16-18-12-22(19-9-7-10-21(14-19)29-3)27-23(13-18)26(28)17(2)33-27/h5-14H,4,15-16H2,1-2H3. The zero-order chi connectivity index (χ0) is 23.4. The fraction of sp³-hybridized carbons (Fsp3) is 0.185. The number of para-hydroxylation sites is 1. The van der Waals surface area contributed by atoms with Crippen molar-refractivity contribution in [3.63, 3.8) is 0 Å². The summed E-state index contributed by atoms with van der Waals surface area (Å²) < 4.78 is 18.1. The number of rotatable bonds is 7. The molecule has 33 heavy (non-hydrogen) atoms. The molecule has 0 fully saturated rings. The lowest BCUT2D eigenvalue weighted by atomic mass is 10.00. The summed E-state index contributed by atoms with van der Waals surface area (Å²) in [6.07, 6.45) is 0.157. The van der Waals surface area contributed by atoms with Gasteiger partial charge in [0.2, 0.25) is 0 Å². The topological polar surface area (TPSA) is 53.0 Å². The van der Waals surface area contributed by atoms with Gasteiger partial charge in [-0.3, -0.25) is 4.79 Å². The maximum absolute atomic E-state index is 12.0. The van der Waals surface area contributed by atoms with Crippen LogP contribution >= 0.6 is 15.9 Å². The molecule has 166 valence electrons. The van der Waals surface area contributed by atoms with Crippen molar-refractivity contribution in [1.82, 2.24) is 0 Å². The minimum absolute atomic E-state index is 0.157. The number of esters is 1. The number of furan rings is 1. The summed E-state index contributed by atoms with van der Waals surface area (Å²) in [5, 5.41) is 0.941. The minimum Gasteiger partial charge on any atom is -0.489 e. The Balaban J connectivity index is 1.69. The summed E-state index contributed by atoms with van der Waals surface area (Å²) in [7, 11) is 0. The maximum Gasteiger partial charge on any atom is 0.310 e. The van der Waals surface area contributed by atoms with Crippen molar-refractivity contribution in [3.8, 4) is 16.9 Å². The number of nitrogens with zero attached hydrogens (tertiary/aromatic N) is 1. The van der Waals surface area contributed by atoms with Gasteiger partial charge in [-0.15, -0.1) is 0 Å². The van der Waals surface area contributed by atoms with Gasteiger partial charge in [0.25, 0.3) is 0 Å². The first kappa shape index (κ1) is 22.6. The van der Waals surface area contributed by atoms with Crippen molar-refractivity contribution in [1.29, 1.82) is 0 Å². The van der Waals surface area contributed by atoms with Crippen molar-refractivity contribution in [3.05, 3.63) is 93.4 Å². The zero-order valence-corrected chi connectivity index (χ0v) is 19.9. The van der Waals surface area contributed by atoms with Gasteiger partial charge in [-0.1, -0.05) is 36.4 Å². The van der Waals surface area contributed by atoms with Crippen molar-refractivity contribution >= 4 is 38.6 Å². The van der Waals surface area contributed by atoms with Crippen LogP contribution in [0.25, 0.3) is 26.9 Å². The third kappa shape index (κ3) is 4.94. The highest BCUT2D eigenvalue weighted by Gasteiger charge is 2.16.